The first-order chi connectivity index (χ1) is 9.55. The van der Waals surface area contributed by atoms with Crippen LogP contribution in [0.4, 0.5) is 0 Å². The molecule has 0 radical (unpaired) electrons. The number of rotatable bonds is 5. The molecule has 1 heterocycles. The largest absolute Gasteiger partial charge is 0.297 e. The van der Waals surface area contributed by atoms with Gasteiger partial charge in [-0.3, -0.25) is 16.2 Å². The van der Waals surface area contributed by atoms with Gasteiger partial charge < -0.3 is 0 Å². The van der Waals surface area contributed by atoms with Crippen LogP contribution in [0, 0.1) is 0 Å². The van der Waals surface area contributed by atoms with Gasteiger partial charge in [0.1, 0.15) is 0 Å². The summed E-state index contributed by atoms with van der Waals surface area (Å²) in [6.07, 6.45) is 4.76. The van der Waals surface area contributed by atoms with Crippen LogP contribution in [0.25, 0.3) is 0 Å². The lowest BCUT2D eigenvalue weighted by Crippen LogP contribution is -2.61. The molecular formula is C16H26ClN3. The normalized spacial score (nSPS) is 19.0. The Morgan fingerprint density at radius 1 is 1.25 bits per heavy atom. The predicted octanol–water partition coefficient (Wildman–Crippen LogP) is 2.98. The average Bonchev–Trinajstić information content (AvgIpc) is 2.47. The molecule has 3 nitrogen and oxygen atoms in total. The molecule has 112 valence electrons. The van der Waals surface area contributed by atoms with Gasteiger partial charge in [0.2, 0.25) is 0 Å². The zero-order chi connectivity index (χ0) is 14.6. The van der Waals surface area contributed by atoms with Crippen molar-refractivity contribution in [3.63, 3.8) is 0 Å². The zero-order valence-electron chi connectivity index (χ0n) is 12.5. The van der Waals surface area contributed by atoms with Crippen LogP contribution in [0.3, 0.4) is 0 Å². The van der Waals surface area contributed by atoms with E-state index in [0.29, 0.717) is 0 Å². The van der Waals surface area contributed by atoms with Gasteiger partial charge in [-0.05, 0) is 57.8 Å². The molecule has 4 heteroatoms. The molecule has 1 fully saturated rings. The van der Waals surface area contributed by atoms with Crippen molar-refractivity contribution in [2.24, 2.45) is 5.84 Å². The molecule has 0 saturated carbocycles. The Morgan fingerprint density at radius 3 is 2.50 bits per heavy atom. The molecule has 0 aliphatic carbocycles. The van der Waals surface area contributed by atoms with Crippen molar-refractivity contribution in [3.8, 4) is 0 Å². The molecule has 1 unspecified atom stereocenters. The van der Waals surface area contributed by atoms with E-state index in [1.165, 1.54) is 19.3 Å². The van der Waals surface area contributed by atoms with Crippen molar-refractivity contribution in [3.05, 3.63) is 34.9 Å². The third-order valence-corrected chi connectivity index (χ3v) is 4.98. The standard InChI is InChI=1S/C16H26ClN3/c1-16(2,20-10-6-3-7-11-20)15(19-18)12-13-8-4-5-9-14(13)17/h4-5,8-9,15,19H,3,6-7,10-12,18H2,1-2H3. The monoisotopic (exact) mass is 295 g/mol. The highest BCUT2D eigenvalue weighted by Gasteiger charge is 2.35. The second-order valence-corrected chi connectivity index (χ2v) is 6.62. The Kier molecular flexibility index (Phi) is 5.44. The fourth-order valence-corrected chi connectivity index (χ4v) is 3.30. The van der Waals surface area contributed by atoms with Gasteiger partial charge in [0, 0.05) is 16.6 Å². The van der Waals surface area contributed by atoms with Gasteiger partial charge in [0.15, 0.2) is 0 Å². The number of hydrogen-bond acceptors (Lipinski definition) is 3. The van der Waals surface area contributed by atoms with Crippen LogP contribution in [0.1, 0.15) is 38.7 Å². The minimum atomic E-state index is 0.0222. The lowest BCUT2D eigenvalue weighted by Gasteiger charge is -2.46. The molecule has 3 N–H and O–H groups in total. The third kappa shape index (κ3) is 3.53. The summed E-state index contributed by atoms with van der Waals surface area (Å²) in [5.74, 6) is 5.84. The third-order valence-electron chi connectivity index (χ3n) is 4.61. The molecule has 0 bridgehead atoms. The first-order valence-electron chi connectivity index (χ1n) is 7.50. The molecule has 1 atom stereocenters. The minimum absolute atomic E-state index is 0.0222. The molecule has 1 aliphatic heterocycles. The van der Waals surface area contributed by atoms with Crippen LogP contribution >= 0.6 is 11.6 Å². The van der Waals surface area contributed by atoms with E-state index in [2.05, 4.69) is 30.2 Å². The van der Waals surface area contributed by atoms with Crippen molar-refractivity contribution in [2.75, 3.05) is 13.1 Å². The Hall–Kier alpha value is -0.610. The first kappa shape index (κ1) is 15.8. The van der Waals surface area contributed by atoms with E-state index in [-0.39, 0.29) is 11.6 Å². The van der Waals surface area contributed by atoms with E-state index in [1.807, 2.05) is 18.2 Å². The van der Waals surface area contributed by atoms with Crippen molar-refractivity contribution in [1.29, 1.82) is 0 Å². The van der Waals surface area contributed by atoms with E-state index < -0.39 is 0 Å². The highest BCUT2D eigenvalue weighted by Crippen LogP contribution is 2.27. The second-order valence-electron chi connectivity index (χ2n) is 6.22. The van der Waals surface area contributed by atoms with Crippen LogP contribution in [0.5, 0.6) is 0 Å². The number of nitrogens with two attached hydrogens (primary N) is 1. The smallest absolute Gasteiger partial charge is 0.0438 e. The first-order valence-corrected chi connectivity index (χ1v) is 7.88. The summed E-state index contributed by atoms with van der Waals surface area (Å²) < 4.78 is 0. The Morgan fingerprint density at radius 2 is 1.90 bits per heavy atom. The van der Waals surface area contributed by atoms with Gasteiger partial charge in [-0.15, -0.1) is 0 Å². The molecule has 1 saturated heterocycles. The summed E-state index contributed by atoms with van der Waals surface area (Å²) >= 11 is 6.28. The average molecular weight is 296 g/mol. The number of nitrogens with zero attached hydrogens (tertiary/aromatic N) is 1. The van der Waals surface area contributed by atoms with E-state index in [0.717, 1.165) is 30.1 Å². The van der Waals surface area contributed by atoms with Gasteiger partial charge in [-0.1, -0.05) is 36.2 Å². The quantitative estimate of drug-likeness (QED) is 0.648. The van der Waals surface area contributed by atoms with Crippen LogP contribution in [-0.2, 0) is 6.42 Å². The fourth-order valence-electron chi connectivity index (χ4n) is 3.09. The maximum Gasteiger partial charge on any atom is 0.0438 e. The van der Waals surface area contributed by atoms with Crippen molar-refractivity contribution < 1.29 is 0 Å². The molecule has 0 amide bonds. The molecular weight excluding hydrogens is 270 g/mol. The SMILES string of the molecule is CC(C)(C(Cc1ccccc1Cl)NN)N1CCCCC1. The number of likely N-dealkylation sites (tertiary alicyclic amines) is 1. The maximum atomic E-state index is 6.28. The van der Waals surface area contributed by atoms with E-state index in [1.54, 1.807) is 0 Å². The summed E-state index contributed by atoms with van der Waals surface area (Å²) in [4.78, 5) is 2.55. The Balaban J connectivity index is 2.12. The molecule has 1 aromatic carbocycles. The summed E-state index contributed by atoms with van der Waals surface area (Å²) in [6.45, 7) is 6.88. The van der Waals surface area contributed by atoms with Gasteiger partial charge in [0.05, 0.1) is 0 Å². The summed E-state index contributed by atoms with van der Waals surface area (Å²) in [6, 6.07) is 8.20. The van der Waals surface area contributed by atoms with Gasteiger partial charge in [0.25, 0.3) is 0 Å². The fraction of sp³-hybridized carbons (Fsp3) is 0.625. The number of benzene rings is 1. The van der Waals surface area contributed by atoms with Crippen molar-refractivity contribution in [1.82, 2.24) is 10.3 Å². The Bertz CT molecular complexity index is 427. The van der Waals surface area contributed by atoms with Gasteiger partial charge in [-0.25, -0.2) is 0 Å². The minimum Gasteiger partial charge on any atom is -0.297 e. The van der Waals surface area contributed by atoms with Gasteiger partial charge in [-0.2, -0.15) is 0 Å². The van der Waals surface area contributed by atoms with Crippen LogP contribution in [0.2, 0.25) is 5.02 Å². The maximum absolute atomic E-state index is 6.28. The molecule has 1 aliphatic rings. The van der Waals surface area contributed by atoms with Crippen LogP contribution in [-0.4, -0.2) is 29.6 Å². The van der Waals surface area contributed by atoms with E-state index >= 15 is 0 Å². The highest BCUT2D eigenvalue weighted by molar-refractivity contribution is 6.31. The topological polar surface area (TPSA) is 41.3 Å². The lowest BCUT2D eigenvalue weighted by molar-refractivity contribution is 0.0611. The summed E-state index contributed by atoms with van der Waals surface area (Å²) in [5.41, 5.74) is 4.19. The van der Waals surface area contributed by atoms with Crippen molar-refractivity contribution >= 4 is 11.6 Å². The number of halogens is 1. The summed E-state index contributed by atoms with van der Waals surface area (Å²) in [5, 5.41) is 0.821. The lowest BCUT2D eigenvalue weighted by atomic mass is 9.86. The second kappa shape index (κ2) is 6.90. The van der Waals surface area contributed by atoms with Crippen LogP contribution in [0.15, 0.2) is 24.3 Å². The van der Waals surface area contributed by atoms with Crippen LogP contribution < -0.4 is 11.3 Å². The zero-order valence-corrected chi connectivity index (χ0v) is 13.3. The van der Waals surface area contributed by atoms with Crippen molar-refractivity contribution in [2.45, 2.75) is 51.1 Å². The molecule has 2 rings (SSSR count). The summed E-state index contributed by atoms with van der Waals surface area (Å²) in [7, 11) is 0. The van der Waals surface area contributed by atoms with E-state index in [4.69, 9.17) is 17.4 Å². The predicted molar refractivity (Wildman–Crippen MR) is 85.8 cm³/mol. The molecule has 1 aromatic rings. The number of hydrazine groups is 1. The number of nitrogens with one attached hydrogen (secondary N) is 1. The molecule has 20 heavy (non-hydrogen) atoms. The highest BCUT2D eigenvalue weighted by atomic mass is 35.5. The Labute approximate surface area is 127 Å². The van der Waals surface area contributed by atoms with Gasteiger partial charge >= 0.3 is 0 Å². The molecule has 0 aromatic heterocycles. The number of hydrogen-bond donors (Lipinski definition) is 2. The number of piperidine rings is 1. The van der Waals surface area contributed by atoms with E-state index in [9.17, 15) is 0 Å². The molecule has 0 spiro atoms.